The Kier molecular flexibility index (Phi) is 2.48. The number of pyridine rings is 1. The van der Waals surface area contributed by atoms with Crippen LogP contribution in [0.4, 0.5) is 5.82 Å². The molecule has 1 aromatic rings. The number of anilines is 1. The van der Waals surface area contributed by atoms with Gasteiger partial charge in [-0.25, -0.2) is 4.98 Å². The smallest absolute Gasteiger partial charge is 0.130 e. The van der Waals surface area contributed by atoms with E-state index in [1.807, 2.05) is 32.9 Å². The van der Waals surface area contributed by atoms with Crippen molar-refractivity contribution in [2.45, 2.75) is 20.8 Å². The molecular formula is C10H14N2. The second-order valence-electron chi connectivity index (χ2n) is 3.00. The molecule has 0 aliphatic heterocycles. The van der Waals surface area contributed by atoms with Gasteiger partial charge in [-0.3, -0.25) is 0 Å². The number of nitrogens with zero attached hydrogens (tertiary/aromatic N) is 1. The molecule has 1 rings (SSSR count). The van der Waals surface area contributed by atoms with Gasteiger partial charge in [0.2, 0.25) is 0 Å². The van der Waals surface area contributed by atoms with Crippen LogP contribution in [-0.2, 0) is 0 Å². The van der Waals surface area contributed by atoms with Crippen LogP contribution in [0.3, 0.4) is 0 Å². The zero-order valence-electron chi connectivity index (χ0n) is 7.81. The molecule has 2 heteroatoms. The molecular weight excluding hydrogens is 148 g/mol. The quantitative estimate of drug-likeness (QED) is 0.723. The largest absolute Gasteiger partial charge is 0.345 e. The molecule has 0 aromatic carbocycles. The van der Waals surface area contributed by atoms with Gasteiger partial charge >= 0.3 is 0 Å². The van der Waals surface area contributed by atoms with Crippen LogP contribution in [0.25, 0.3) is 0 Å². The third-order valence-electron chi connectivity index (χ3n) is 1.69. The molecule has 0 saturated carbocycles. The third-order valence-corrected chi connectivity index (χ3v) is 1.69. The summed E-state index contributed by atoms with van der Waals surface area (Å²) >= 11 is 0. The van der Waals surface area contributed by atoms with E-state index in [2.05, 4.69) is 16.9 Å². The van der Waals surface area contributed by atoms with E-state index in [1.54, 1.807) is 0 Å². The van der Waals surface area contributed by atoms with Crippen molar-refractivity contribution in [1.29, 1.82) is 0 Å². The minimum Gasteiger partial charge on any atom is -0.345 e. The van der Waals surface area contributed by atoms with Gasteiger partial charge < -0.3 is 5.32 Å². The summed E-state index contributed by atoms with van der Waals surface area (Å²) in [7, 11) is 0. The fraction of sp³-hybridized carbons (Fsp3) is 0.300. The molecule has 0 aliphatic carbocycles. The molecule has 0 amide bonds. The lowest BCUT2D eigenvalue weighted by atomic mass is 10.2. The summed E-state index contributed by atoms with van der Waals surface area (Å²) in [6.45, 7) is 9.71. The highest BCUT2D eigenvalue weighted by Crippen LogP contribution is 2.10. The van der Waals surface area contributed by atoms with E-state index in [4.69, 9.17) is 0 Å². The lowest BCUT2D eigenvalue weighted by Gasteiger charge is -2.05. The van der Waals surface area contributed by atoms with Crippen LogP contribution in [0.2, 0.25) is 0 Å². The molecule has 1 N–H and O–H groups in total. The fourth-order valence-corrected chi connectivity index (χ4v) is 0.919. The number of aryl methyl sites for hydroxylation is 2. The summed E-state index contributed by atoms with van der Waals surface area (Å²) in [5.41, 5.74) is 3.18. The minimum absolute atomic E-state index is 0.866. The van der Waals surface area contributed by atoms with Crippen LogP contribution in [0.5, 0.6) is 0 Å². The van der Waals surface area contributed by atoms with Gasteiger partial charge in [0.05, 0.1) is 0 Å². The first-order valence-electron chi connectivity index (χ1n) is 3.96. The Balaban J connectivity index is 2.89. The molecule has 0 saturated heterocycles. The van der Waals surface area contributed by atoms with Gasteiger partial charge in [-0.15, -0.1) is 0 Å². The molecule has 1 heterocycles. The van der Waals surface area contributed by atoms with Crippen molar-refractivity contribution in [1.82, 2.24) is 4.98 Å². The van der Waals surface area contributed by atoms with Crippen LogP contribution in [-0.4, -0.2) is 4.98 Å². The first-order valence-corrected chi connectivity index (χ1v) is 3.96. The standard InChI is InChI=1S/C10H14N2/c1-7(2)11-10-6-5-8(3)9(4)12-10/h5-6H,1H2,2-4H3,(H,11,12). The summed E-state index contributed by atoms with van der Waals surface area (Å²) in [6, 6.07) is 4.00. The number of allylic oxidation sites excluding steroid dienone is 1. The lowest BCUT2D eigenvalue weighted by Crippen LogP contribution is -1.98. The second kappa shape index (κ2) is 3.39. The number of nitrogens with one attached hydrogen (secondary N) is 1. The predicted octanol–water partition coefficient (Wildman–Crippen LogP) is 2.64. The van der Waals surface area contributed by atoms with Crippen molar-refractivity contribution < 1.29 is 0 Å². The number of hydrogen-bond donors (Lipinski definition) is 1. The summed E-state index contributed by atoms with van der Waals surface area (Å²) in [4.78, 5) is 4.34. The molecule has 1 aromatic heterocycles. The van der Waals surface area contributed by atoms with E-state index in [1.165, 1.54) is 5.56 Å². The fourth-order valence-electron chi connectivity index (χ4n) is 0.919. The Hall–Kier alpha value is -1.31. The molecule has 64 valence electrons. The van der Waals surface area contributed by atoms with Gasteiger partial charge in [0.15, 0.2) is 0 Å². The maximum Gasteiger partial charge on any atom is 0.130 e. The van der Waals surface area contributed by atoms with Crippen LogP contribution in [0.15, 0.2) is 24.4 Å². The summed E-state index contributed by atoms with van der Waals surface area (Å²) in [5.74, 6) is 0.866. The molecule has 0 fully saturated rings. The van der Waals surface area contributed by atoms with Crippen LogP contribution in [0.1, 0.15) is 18.2 Å². The average Bonchev–Trinajstić information content (AvgIpc) is 1.96. The summed E-state index contributed by atoms with van der Waals surface area (Å²) in [5, 5.41) is 3.07. The Labute approximate surface area is 73.3 Å². The SMILES string of the molecule is C=C(C)Nc1ccc(C)c(C)n1. The summed E-state index contributed by atoms with van der Waals surface area (Å²) in [6.07, 6.45) is 0. The average molecular weight is 162 g/mol. The van der Waals surface area contributed by atoms with Crippen LogP contribution < -0.4 is 5.32 Å². The van der Waals surface area contributed by atoms with Crippen molar-refractivity contribution in [3.05, 3.63) is 35.7 Å². The highest BCUT2D eigenvalue weighted by atomic mass is 15.0. The van der Waals surface area contributed by atoms with E-state index >= 15 is 0 Å². The first kappa shape index (κ1) is 8.78. The zero-order chi connectivity index (χ0) is 9.14. The second-order valence-corrected chi connectivity index (χ2v) is 3.00. The van der Waals surface area contributed by atoms with Gasteiger partial charge in [-0.2, -0.15) is 0 Å². The van der Waals surface area contributed by atoms with Crippen LogP contribution in [0, 0.1) is 13.8 Å². The molecule has 0 unspecified atom stereocenters. The highest BCUT2D eigenvalue weighted by Gasteiger charge is 1.96. The van der Waals surface area contributed by atoms with Gasteiger partial charge in [0.25, 0.3) is 0 Å². The van der Waals surface area contributed by atoms with Gasteiger partial charge in [0.1, 0.15) is 5.82 Å². The minimum atomic E-state index is 0.866. The number of aromatic nitrogens is 1. The Morgan fingerprint density at radius 1 is 1.42 bits per heavy atom. The summed E-state index contributed by atoms with van der Waals surface area (Å²) < 4.78 is 0. The molecule has 2 nitrogen and oxygen atoms in total. The van der Waals surface area contributed by atoms with Gasteiger partial charge in [-0.1, -0.05) is 12.6 Å². The molecule has 0 radical (unpaired) electrons. The normalized spacial score (nSPS) is 9.58. The van der Waals surface area contributed by atoms with Crippen molar-refractivity contribution >= 4 is 5.82 Å². The van der Waals surface area contributed by atoms with E-state index in [9.17, 15) is 0 Å². The van der Waals surface area contributed by atoms with E-state index in [-0.39, 0.29) is 0 Å². The molecule has 0 bridgehead atoms. The van der Waals surface area contributed by atoms with Crippen molar-refractivity contribution in [3.8, 4) is 0 Å². The topological polar surface area (TPSA) is 24.9 Å². The monoisotopic (exact) mass is 162 g/mol. The molecule has 0 atom stereocenters. The number of hydrogen-bond acceptors (Lipinski definition) is 2. The van der Waals surface area contributed by atoms with Crippen molar-refractivity contribution in [3.63, 3.8) is 0 Å². The zero-order valence-corrected chi connectivity index (χ0v) is 7.81. The van der Waals surface area contributed by atoms with Crippen LogP contribution >= 0.6 is 0 Å². The first-order chi connectivity index (χ1) is 5.59. The number of rotatable bonds is 2. The predicted molar refractivity (Wildman–Crippen MR) is 52.1 cm³/mol. The highest BCUT2D eigenvalue weighted by molar-refractivity contribution is 5.42. The van der Waals surface area contributed by atoms with Gasteiger partial charge in [0, 0.05) is 11.4 Å². The third kappa shape index (κ3) is 2.09. The maximum atomic E-state index is 4.34. The lowest BCUT2D eigenvalue weighted by molar-refractivity contribution is 1.14. The molecule has 12 heavy (non-hydrogen) atoms. The van der Waals surface area contributed by atoms with E-state index < -0.39 is 0 Å². The Morgan fingerprint density at radius 2 is 2.08 bits per heavy atom. The van der Waals surface area contributed by atoms with E-state index in [0.29, 0.717) is 0 Å². The van der Waals surface area contributed by atoms with E-state index in [0.717, 1.165) is 17.2 Å². The molecule has 0 aliphatic rings. The maximum absolute atomic E-state index is 4.34. The van der Waals surface area contributed by atoms with Gasteiger partial charge in [-0.05, 0) is 32.4 Å². The molecule has 0 spiro atoms. The Bertz CT molecular complexity index is 303. The van der Waals surface area contributed by atoms with Crippen molar-refractivity contribution in [2.75, 3.05) is 5.32 Å². The Morgan fingerprint density at radius 3 is 2.58 bits per heavy atom. The van der Waals surface area contributed by atoms with Crippen molar-refractivity contribution in [2.24, 2.45) is 0 Å².